The van der Waals surface area contributed by atoms with Gasteiger partial charge in [-0.2, -0.15) is 4.98 Å². The molecule has 0 aliphatic carbocycles. The molecule has 5 aromatic rings. The largest absolute Gasteiger partial charge is 0.439 e. The Morgan fingerprint density at radius 2 is 1.58 bits per heavy atom. The summed E-state index contributed by atoms with van der Waals surface area (Å²) >= 11 is 0. The molecule has 1 N–H and O–H groups in total. The summed E-state index contributed by atoms with van der Waals surface area (Å²) in [5, 5.41) is 3.95. The predicted molar refractivity (Wildman–Crippen MR) is 113 cm³/mol. The lowest BCUT2D eigenvalue weighted by molar-refractivity contribution is 0.431. The van der Waals surface area contributed by atoms with Crippen LogP contribution in [0.1, 0.15) is 0 Å². The Labute approximate surface area is 176 Å². The summed E-state index contributed by atoms with van der Waals surface area (Å²) < 4.78 is 11.0. The molecule has 0 saturated heterocycles. The quantitative estimate of drug-likeness (QED) is 0.460. The normalized spacial score (nSPS) is 10.7. The topological polar surface area (TPSA) is 107 Å². The minimum Gasteiger partial charge on any atom is -0.439 e. The van der Waals surface area contributed by atoms with Gasteiger partial charge in [-0.3, -0.25) is 4.79 Å². The highest BCUT2D eigenvalue weighted by Gasteiger charge is 2.15. The maximum atomic E-state index is 12.5. The Morgan fingerprint density at radius 1 is 0.806 bits per heavy atom. The molecule has 0 fully saturated rings. The third kappa shape index (κ3) is 3.95. The van der Waals surface area contributed by atoms with Crippen LogP contribution in [-0.4, -0.2) is 25.1 Å². The van der Waals surface area contributed by atoms with Crippen molar-refractivity contribution in [1.82, 2.24) is 25.1 Å². The first kappa shape index (κ1) is 18.4. The standard InChI is InChI=1S/C23H15N5O3/c29-22-18(14-25-20(26-22)15-7-3-1-4-8-15)23-27-21(28-31-23)16-11-12-19(24-13-16)30-17-9-5-2-6-10-17/h1-14H,(H,25,26,29). The minimum atomic E-state index is -0.367. The van der Waals surface area contributed by atoms with E-state index in [0.29, 0.717) is 28.8 Å². The van der Waals surface area contributed by atoms with Gasteiger partial charge in [-0.05, 0) is 18.2 Å². The Balaban J connectivity index is 1.37. The van der Waals surface area contributed by atoms with Gasteiger partial charge in [0.25, 0.3) is 11.4 Å². The monoisotopic (exact) mass is 409 g/mol. The molecule has 150 valence electrons. The van der Waals surface area contributed by atoms with E-state index in [0.717, 1.165) is 5.56 Å². The van der Waals surface area contributed by atoms with Crippen LogP contribution in [0.3, 0.4) is 0 Å². The van der Waals surface area contributed by atoms with Gasteiger partial charge in [-0.15, -0.1) is 0 Å². The highest BCUT2D eigenvalue weighted by Crippen LogP contribution is 2.23. The maximum absolute atomic E-state index is 12.5. The molecule has 5 rings (SSSR count). The zero-order valence-corrected chi connectivity index (χ0v) is 16.1. The lowest BCUT2D eigenvalue weighted by Crippen LogP contribution is -2.11. The van der Waals surface area contributed by atoms with Gasteiger partial charge in [0.05, 0.1) is 0 Å². The van der Waals surface area contributed by atoms with Gasteiger partial charge in [0, 0.05) is 29.6 Å². The van der Waals surface area contributed by atoms with Crippen molar-refractivity contribution in [2.45, 2.75) is 0 Å². The number of nitrogens with zero attached hydrogens (tertiary/aromatic N) is 4. The summed E-state index contributed by atoms with van der Waals surface area (Å²) in [4.78, 5) is 28.2. The van der Waals surface area contributed by atoms with E-state index in [2.05, 4.69) is 25.1 Å². The molecule has 2 aromatic carbocycles. The van der Waals surface area contributed by atoms with Gasteiger partial charge in [-0.1, -0.05) is 53.7 Å². The van der Waals surface area contributed by atoms with E-state index in [1.807, 2.05) is 60.7 Å². The molecule has 3 aromatic heterocycles. The van der Waals surface area contributed by atoms with Crippen LogP contribution in [0.4, 0.5) is 0 Å². The van der Waals surface area contributed by atoms with E-state index >= 15 is 0 Å². The zero-order chi connectivity index (χ0) is 21.0. The van der Waals surface area contributed by atoms with E-state index in [1.54, 1.807) is 18.3 Å². The zero-order valence-electron chi connectivity index (χ0n) is 16.1. The second kappa shape index (κ2) is 8.03. The van der Waals surface area contributed by atoms with Gasteiger partial charge < -0.3 is 14.2 Å². The van der Waals surface area contributed by atoms with E-state index < -0.39 is 0 Å². The van der Waals surface area contributed by atoms with E-state index in [-0.39, 0.29) is 17.0 Å². The number of para-hydroxylation sites is 1. The predicted octanol–water partition coefficient (Wildman–Crippen LogP) is 4.34. The Hall–Kier alpha value is -4.59. The summed E-state index contributed by atoms with van der Waals surface area (Å²) in [6.45, 7) is 0. The first-order chi connectivity index (χ1) is 15.3. The van der Waals surface area contributed by atoms with Gasteiger partial charge in [-0.25, -0.2) is 9.97 Å². The van der Waals surface area contributed by atoms with Crippen LogP contribution < -0.4 is 10.3 Å². The molecule has 0 saturated carbocycles. The van der Waals surface area contributed by atoms with Crippen molar-refractivity contribution in [2.75, 3.05) is 0 Å². The van der Waals surface area contributed by atoms with Crippen molar-refractivity contribution in [2.24, 2.45) is 0 Å². The van der Waals surface area contributed by atoms with E-state index in [1.165, 1.54) is 6.20 Å². The summed E-state index contributed by atoms with van der Waals surface area (Å²) in [7, 11) is 0. The average molecular weight is 409 g/mol. The fraction of sp³-hybridized carbons (Fsp3) is 0. The number of benzene rings is 2. The number of hydrogen-bond acceptors (Lipinski definition) is 7. The number of H-pyrrole nitrogens is 1. The molecule has 0 spiro atoms. The number of hydrogen-bond donors (Lipinski definition) is 1. The van der Waals surface area contributed by atoms with E-state index in [4.69, 9.17) is 9.26 Å². The number of ether oxygens (including phenoxy) is 1. The minimum absolute atomic E-state index is 0.0768. The molecule has 8 heteroatoms. The molecule has 0 radical (unpaired) electrons. The lowest BCUT2D eigenvalue weighted by atomic mass is 10.2. The number of aromatic amines is 1. The summed E-state index contributed by atoms with van der Waals surface area (Å²) in [5.74, 6) is 1.98. The molecule has 0 atom stereocenters. The maximum Gasteiger partial charge on any atom is 0.265 e. The molecule has 31 heavy (non-hydrogen) atoms. The van der Waals surface area contributed by atoms with Crippen molar-refractivity contribution in [1.29, 1.82) is 0 Å². The molecule has 0 bridgehead atoms. The van der Waals surface area contributed by atoms with Crippen LogP contribution >= 0.6 is 0 Å². The lowest BCUT2D eigenvalue weighted by Gasteiger charge is -2.04. The molecule has 0 aliphatic rings. The average Bonchev–Trinajstić information content (AvgIpc) is 3.31. The number of aromatic nitrogens is 5. The van der Waals surface area contributed by atoms with Crippen LogP contribution in [0.15, 0.2) is 94.5 Å². The van der Waals surface area contributed by atoms with Crippen molar-refractivity contribution in [3.8, 4) is 45.9 Å². The molecule has 0 aliphatic heterocycles. The second-order valence-corrected chi connectivity index (χ2v) is 6.56. The molecule has 0 unspecified atom stereocenters. The van der Waals surface area contributed by atoms with Crippen molar-refractivity contribution in [3.63, 3.8) is 0 Å². The first-order valence-corrected chi connectivity index (χ1v) is 9.44. The number of nitrogens with one attached hydrogen (secondary N) is 1. The highest BCUT2D eigenvalue weighted by molar-refractivity contribution is 5.60. The number of rotatable bonds is 5. The van der Waals surface area contributed by atoms with Crippen LogP contribution in [0.25, 0.3) is 34.2 Å². The van der Waals surface area contributed by atoms with E-state index in [9.17, 15) is 4.79 Å². The number of pyridine rings is 1. The van der Waals surface area contributed by atoms with Crippen LogP contribution in [-0.2, 0) is 0 Å². The molecule has 3 heterocycles. The second-order valence-electron chi connectivity index (χ2n) is 6.56. The van der Waals surface area contributed by atoms with Crippen LogP contribution in [0, 0.1) is 0 Å². The van der Waals surface area contributed by atoms with Crippen molar-refractivity contribution >= 4 is 0 Å². The molecule has 8 nitrogen and oxygen atoms in total. The molecular weight excluding hydrogens is 394 g/mol. The smallest absolute Gasteiger partial charge is 0.265 e. The SMILES string of the molecule is O=c1[nH]c(-c2ccccc2)ncc1-c1nc(-c2ccc(Oc3ccccc3)nc2)no1. The highest BCUT2D eigenvalue weighted by atomic mass is 16.5. The summed E-state index contributed by atoms with van der Waals surface area (Å²) in [6, 6.07) is 22.2. The molecule has 0 amide bonds. The fourth-order valence-corrected chi connectivity index (χ4v) is 2.92. The summed E-state index contributed by atoms with van der Waals surface area (Å²) in [5.41, 5.74) is 1.26. The van der Waals surface area contributed by atoms with Crippen molar-refractivity contribution < 1.29 is 9.26 Å². The van der Waals surface area contributed by atoms with Crippen molar-refractivity contribution in [3.05, 3.63) is 95.5 Å². The van der Waals surface area contributed by atoms with Crippen LogP contribution in [0.5, 0.6) is 11.6 Å². The fourth-order valence-electron chi connectivity index (χ4n) is 2.92. The van der Waals surface area contributed by atoms with Crippen LogP contribution in [0.2, 0.25) is 0 Å². The van der Waals surface area contributed by atoms with Gasteiger partial charge >= 0.3 is 0 Å². The Kier molecular flexibility index (Phi) is 4.78. The Morgan fingerprint density at radius 3 is 2.29 bits per heavy atom. The third-order valence-electron chi connectivity index (χ3n) is 4.46. The molecular formula is C23H15N5O3. The third-order valence-corrected chi connectivity index (χ3v) is 4.46. The van der Waals surface area contributed by atoms with Gasteiger partial charge in [0.15, 0.2) is 0 Å². The van der Waals surface area contributed by atoms with Gasteiger partial charge in [0.1, 0.15) is 17.1 Å². The summed E-state index contributed by atoms with van der Waals surface area (Å²) in [6.07, 6.45) is 3.00. The first-order valence-electron chi connectivity index (χ1n) is 9.44. The van der Waals surface area contributed by atoms with Gasteiger partial charge in [0.2, 0.25) is 11.7 Å². The Bertz CT molecular complexity index is 1360.